The molecule has 0 aliphatic carbocycles. The molecule has 6 heteroatoms. The zero-order chi connectivity index (χ0) is 22.5. The summed E-state index contributed by atoms with van der Waals surface area (Å²) in [6.07, 6.45) is 1.30. The Kier molecular flexibility index (Phi) is 8.14. The van der Waals surface area contributed by atoms with Crippen molar-refractivity contribution in [1.82, 2.24) is 9.88 Å². The molecule has 1 heterocycles. The quantitative estimate of drug-likeness (QED) is 0.374. The maximum Gasteiger partial charge on any atom is 0.233 e. The highest BCUT2D eigenvalue weighted by Crippen LogP contribution is 2.32. The number of amides is 1. The van der Waals surface area contributed by atoms with Gasteiger partial charge in [-0.25, -0.2) is 4.98 Å². The highest BCUT2D eigenvalue weighted by Gasteiger charge is 2.21. The van der Waals surface area contributed by atoms with Crippen molar-refractivity contribution in [2.45, 2.75) is 50.7 Å². The van der Waals surface area contributed by atoms with Gasteiger partial charge in [0.1, 0.15) is 0 Å². The average Bonchev–Trinajstić information content (AvgIpc) is 3.13. The number of aryl methyl sites for hydroxylation is 2. The molecule has 0 aliphatic heterocycles. The standard InChI is InChI=1S/C25H33N3OS2/c1-17(2)30-21-11-9-20(10-12-21)16-23(29)28(15-7-14-27(5)6)25-26-24-19(4)18(3)8-13-22(24)31-25/h8-13,17H,7,14-16H2,1-6H3. The number of carbonyl (C=O) groups excluding carboxylic acids is 1. The molecule has 0 saturated heterocycles. The van der Waals surface area contributed by atoms with E-state index in [-0.39, 0.29) is 5.91 Å². The summed E-state index contributed by atoms with van der Waals surface area (Å²) < 4.78 is 1.14. The van der Waals surface area contributed by atoms with Gasteiger partial charge in [-0.1, -0.05) is 43.4 Å². The maximum atomic E-state index is 13.4. The van der Waals surface area contributed by atoms with Gasteiger partial charge in [0.25, 0.3) is 0 Å². The van der Waals surface area contributed by atoms with E-state index < -0.39 is 0 Å². The number of thiazole rings is 1. The minimum atomic E-state index is 0.108. The Hall–Kier alpha value is -1.89. The van der Waals surface area contributed by atoms with Gasteiger partial charge in [0.05, 0.1) is 16.6 Å². The fraction of sp³-hybridized carbons (Fsp3) is 0.440. The second-order valence-corrected chi connectivity index (χ2v) is 11.2. The topological polar surface area (TPSA) is 36.4 Å². The molecule has 3 aromatic rings. The molecule has 0 N–H and O–H groups in total. The van der Waals surface area contributed by atoms with Gasteiger partial charge in [0.15, 0.2) is 5.13 Å². The number of nitrogens with zero attached hydrogens (tertiary/aromatic N) is 3. The number of hydrogen-bond acceptors (Lipinski definition) is 5. The smallest absolute Gasteiger partial charge is 0.233 e. The molecule has 0 atom stereocenters. The van der Waals surface area contributed by atoms with Crippen LogP contribution in [-0.2, 0) is 11.2 Å². The molecule has 0 fully saturated rings. The number of rotatable bonds is 9. The molecule has 3 rings (SSSR count). The molecule has 0 unspecified atom stereocenters. The molecule has 0 aliphatic rings. The van der Waals surface area contributed by atoms with Gasteiger partial charge in [0, 0.05) is 16.7 Å². The SMILES string of the molecule is Cc1ccc2sc(N(CCCN(C)C)C(=O)Cc3ccc(SC(C)C)cc3)nc2c1C. The van der Waals surface area contributed by atoms with Gasteiger partial charge in [-0.3, -0.25) is 9.69 Å². The zero-order valence-electron chi connectivity index (χ0n) is 19.4. The molecule has 4 nitrogen and oxygen atoms in total. The van der Waals surface area contributed by atoms with Crippen molar-refractivity contribution in [3.63, 3.8) is 0 Å². The molecule has 1 aromatic heterocycles. The number of carbonyl (C=O) groups is 1. The molecule has 2 aromatic carbocycles. The van der Waals surface area contributed by atoms with E-state index in [1.165, 1.54) is 16.0 Å². The van der Waals surface area contributed by atoms with Crippen LogP contribution in [0.1, 0.15) is 37.0 Å². The summed E-state index contributed by atoms with van der Waals surface area (Å²) in [5.41, 5.74) is 4.48. The summed E-state index contributed by atoms with van der Waals surface area (Å²) in [7, 11) is 4.12. The fourth-order valence-corrected chi connectivity index (χ4v) is 5.34. The molecule has 166 valence electrons. The molecule has 0 bridgehead atoms. The summed E-state index contributed by atoms with van der Waals surface area (Å²) in [5.74, 6) is 0.108. The van der Waals surface area contributed by atoms with Gasteiger partial charge in [-0.05, 0) is 75.8 Å². The Bertz CT molecular complexity index is 1030. The van der Waals surface area contributed by atoms with Crippen LogP contribution < -0.4 is 4.90 Å². The fourth-order valence-electron chi connectivity index (χ4n) is 3.43. The van der Waals surface area contributed by atoms with Crippen LogP contribution in [0.15, 0.2) is 41.3 Å². The lowest BCUT2D eigenvalue weighted by Gasteiger charge is -2.21. The molecule has 1 amide bonds. The van der Waals surface area contributed by atoms with Gasteiger partial charge in [-0.15, -0.1) is 11.8 Å². The Morgan fingerprint density at radius 3 is 2.42 bits per heavy atom. The largest absolute Gasteiger partial charge is 0.309 e. The van der Waals surface area contributed by atoms with Crippen molar-refractivity contribution in [1.29, 1.82) is 0 Å². The summed E-state index contributed by atoms with van der Waals surface area (Å²) >= 11 is 3.45. The lowest BCUT2D eigenvalue weighted by molar-refractivity contribution is -0.118. The average molecular weight is 456 g/mol. The van der Waals surface area contributed by atoms with Crippen LogP contribution in [0.5, 0.6) is 0 Å². The van der Waals surface area contributed by atoms with Gasteiger partial charge in [0.2, 0.25) is 5.91 Å². The third-order valence-corrected chi connectivity index (χ3v) is 7.30. The Balaban J connectivity index is 1.82. The molecule has 0 spiro atoms. The summed E-state index contributed by atoms with van der Waals surface area (Å²) in [4.78, 5) is 23.5. The van der Waals surface area contributed by atoms with E-state index in [2.05, 4.69) is 83.1 Å². The maximum absolute atomic E-state index is 13.4. The van der Waals surface area contributed by atoms with E-state index in [1.54, 1.807) is 11.3 Å². The first-order valence-corrected chi connectivity index (χ1v) is 12.5. The second-order valence-electron chi connectivity index (χ2n) is 8.54. The van der Waals surface area contributed by atoms with Crippen LogP contribution in [0.4, 0.5) is 5.13 Å². The van der Waals surface area contributed by atoms with Crippen LogP contribution in [0.3, 0.4) is 0 Å². The number of hydrogen-bond donors (Lipinski definition) is 0. The lowest BCUT2D eigenvalue weighted by atomic mass is 10.1. The summed E-state index contributed by atoms with van der Waals surface area (Å²) in [6.45, 7) is 10.2. The molecule has 31 heavy (non-hydrogen) atoms. The Labute approximate surface area is 194 Å². The Morgan fingerprint density at radius 1 is 1.06 bits per heavy atom. The first-order chi connectivity index (χ1) is 14.7. The molecule has 0 saturated carbocycles. The number of benzene rings is 2. The number of thioether (sulfide) groups is 1. The number of anilines is 1. The highest BCUT2D eigenvalue weighted by atomic mass is 32.2. The zero-order valence-corrected chi connectivity index (χ0v) is 21.1. The highest BCUT2D eigenvalue weighted by molar-refractivity contribution is 7.99. The van der Waals surface area contributed by atoms with Crippen molar-refractivity contribution >= 4 is 44.4 Å². The minimum absolute atomic E-state index is 0.108. The van der Waals surface area contributed by atoms with Crippen LogP contribution in [0.25, 0.3) is 10.2 Å². The van der Waals surface area contributed by atoms with Gasteiger partial charge < -0.3 is 4.90 Å². The monoisotopic (exact) mass is 455 g/mol. The number of fused-ring (bicyclic) bond motifs is 1. The third-order valence-electron chi connectivity index (χ3n) is 5.24. The second kappa shape index (κ2) is 10.6. The normalized spacial score (nSPS) is 11.6. The van der Waals surface area contributed by atoms with E-state index in [0.717, 1.165) is 33.9 Å². The van der Waals surface area contributed by atoms with E-state index in [0.29, 0.717) is 18.2 Å². The van der Waals surface area contributed by atoms with Crippen LogP contribution in [0, 0.1) is 13.8 Å². The van der Waals surface area contributed by atoms with Crippen molar-refractivity contribution in [3.05, 3.63) is 53.1 Å². The van der Waals surface area contributed by atoms with E-state index >= 15 is 0 Å². The third kappa shape index (κ3) is 6.31. The van der Waals surface area contributed by atoms with Crippen molar-refractivity contribution in [2.75, 3.05) is 32.1 Å². The first-order valence-electron chi connectivity index (χ1n) is 10.8. The van der Waals surface area contributed by atoms with Crippen LogP contribution in [-0.4, -0.2) is 48.2 Å². The lowest BCUT2D eigenvalue weighted by Crippen LogP contribution is -2.34. The van der Waals surface area contributed by atoms with Crippen molar-refractivity contribution < 1.29 is 4.79 Å². The molecule has 0 radical (unpaired) electrons. The van der Waals surface area contributed by atoms with Crippen molar-refractivity contribution in [3.8, 4) is 0 Å². The summed E-state index contributed by atoms with van der Waals surface area (Å²) in [6, 6.07) is 12.6. The van der Waals surface area contributed by atoms with Gasteiger partial charge in [-0.2, -0.15) is 0 Å². The van der Waals surface area contributed by atoms with E-state index in [1.807, 2.05) is 16.7 Å². The number of aromatic nitrogens is 1. The van der Waals surface area contributed by atoms with Crippen molar-refractivity contribution in [2.24, 2.45) is 0 Å². The molecular formula is C25H33N3OS2. The van der Waals surface area contributed by atoms with E-state index in [4.69, 9.17) is 4.98 Å². The predicted molar refractivity (Wildman–Crippen MR) is 136 cm³/mol. The molecular weight excluding hydrogens is 422 g/mol. The van der Waals surface area contributed by atoms with Crippen LogP contribution in [0.2, 0.25) is 0 Å². The van der Waals surface area contributed by atoms with Crippen LogP contribution >= 0.6 is 23.1 Å². The minimum Gasteiger partial charge on any atom is -0.309 e. The predicted octanol–water partition coefficient (Wildman–Crippen LogP) is 5.94. The summed E-state index contributed by atoms with van der Waals surface area (Å²) in [5, 5.41) is 1.35. The van der Waals surface area contributed by atoms with E-state index in [9.17, 15) is 4.79 Å². The van der Waals surface area contributed by atoms with Gasteiger partial charge >= 0.3 is 0 Å². The Morgan fingerprint density at radius 2 is 1.77 bits per heavy atom. The first kappa shape index (κ1) is 23.8.